The van der Waals surface area contributed by atoms with Crippen molar-refractivity contribution in [1.82, 2.24) is 4.98 Å². The molecule has 0 fully saturated rings. The van der Waals surface area contributed by atoms with E-state index in [-0.39, 0.29) is 17.9 Å². The van der Waals surface area contributed by atoms with E-state index < -0.39 is 11.8 Å². The highest BCUT2D eigenvalue weighted by Crippen LogP contribution is 2.22. The molecule has 0 saturated heterocycles. The van der Waals surface area contributed by atoms with Gasteiger partial charge in [-0.15, -0.1) is 11.3 Å². The number of benzene rings is 1. The van der Waals surface area contributed by atoms with E-state index in [1.165, 1.54) is 30.6 Å². The van der Waals surface area contributed by atoms with Crippen LogP contribution >= 0.6 is 11.3 Å². The number of nitrogens with two attached hydrogens (primary N) is 1. The average molecular weight is 282 g/mol. The Kier molecular flexibility index (Phi) is 3.96. The van der Waals surface area contributed by atoms with Crippen molar-refractivity contribution in [1.29, 1.82) is 0 Å². The molecule has 2 N–H and O–H groups in total. The molecule has 0 aliphatic carbocycles. The maximum absolute atomic E-state index is 13.2. The van der Waals surface area contributed by atoms with Gasteiger partial charge in [-0.3, -0.25) is 0 Å². The van der Waals surface area contributed by atoms with Crippen LogP contribution in [0.25, 0.3) is 0 Å². The molecule has 1 heterocycles. The van der Waals surface area contributed by atoms with Gasteiger partial charge in [0, 0.05) is 11.4 Å². The van der Waals surface area contributed by atoms with Crippen molar-refractivity contribution in [2.24, 2.45) is 0 Å². The van der Waals surface area contributed by atoms with Crippen LogP contribution in [0.3, 0.4) is 0 Å². The van der Waals surface area contributed by atoms with E-state index in [0.29, 0.717) is 10.8 Å². The quantitative estimate of drug-likeness (QED) is 0.870. The van der Waals surface area contributed by atoms with Gasteiger partial charge < -0.3 is 15.2 Å². The van der Waals surface area contributed by atoms with Crippen molar-refractivity contribution in [3.05, 3.63) is 40.7 Å². The first-order chi connectivity index (χ1) is 9.10. The minimum atomic E-state index is -0.590. The topological polar surface area (TPSA) is 74.4 Å². The van der Waals surface area contributed by atoms with Crippen molar-refractivity contribution in [3.8, 4) is 5.75 Å². The summed E-state index contributed by atoms with van der Waals surface area (Å²) in [7, 11) is 1.25. The van der Waals surface area contributed by atoms with Crippen LogP contribution in [0.1, 0.15) is 16.1 Å². The van der Waals surface area contributed by atoms with Crippen molar-refractivity contribution >= 4 is 22.4 Å². The third-order valence-corrected chi connectivity index (χ3v) is 3.02. The normalized spacial score (nSPS) is 10.2. The summed E-state index contributed by atoms with van der Waals surface area (Å²) in [5.41, 5.74) is 6.26. The molecular formula is C12H11FN2O3S. The van der Waals surface area contributed by atoms with E-state index in [0.717, 1.165) is 6.07 Å². The summed E-state index contributed by atoms with van der Waals surface area (Å²) in [6.45, 7) is 0.0984. The maximum Gasteiger partial charge on any atom is 0.341 e. The Hall–Kier alpha value is -2.15. The molecule has 1 aromatic heterocycles. The van der Waals surface area contributed by atoms with Gasteiger partial charge >= 0.3 is 5.97 Å². The lowest BCUT2D eigenvalue weighted by Crippen LogP contribution is -2.06. The number of ether oxygens (including phenoxy) is 2. The van der Waals surface area contributed by atoms with E-state index in [1.54, 1.807) is 5.38 Å². The largest absolute Gasteiger partial charge is 0.486 e. The van der Waals surface area contributed by atoms with Gasteiger partial charge in [-0.25, -0.2) is 14.2 Å². The second kappa shape index (κ2) is 5.66. The van der Waals surface area contributed by atoms with Gasteiger partial charge in [-0.05, 0) is 12.1 Å². The summed E-state index contributed by atoms with van der Waals surface area (Å²) in [6.07, 6.45) is 0. The number of rotatable bonds is 4. The molecular weight excluding hydrogens is 271 g/mol. The number of methoxy groups -OCH3 is 1. The lowest BCUT2D eigenvalue weighted by atomic mass is 10.2. The Morgan fingerprint density at radius 1 is 1.53 bits per heavy atom. The molecule has 0 unspecified atom stereocenters. The van der Waals surface area contributed by atoms with Crippen LogP contribution in [0.2, 0.25) is 0 Å². The fourth-order valence-corrected chi connectivity index (χ4v) is 1.98. The van der Waals surface area contributed by atoms with Crippen LogP contribution in [0.4, 0.5) is 9.52 Å². The number of nitrogens with zero attached hydrogens (tertiary/aromatic N) is 1. The molecule has 2 aromatic rings. The summed E-state index contributed by atoms with van der Waals surface area (Å²) in [6, 6.07) is 3.60. The van der Waals surface area contributed by atoms with Crippen molar-refractivity contribution < 1.29 is 18.7 Å². The van der Waals surface area contributed by atoms with Crippen LogP contribution < -0.4 is 10.5 Å². The number of carbonyl (C=O) groups is 1. The van der Waals surface area contributed by atoms with Gasteiger partial charge in [0.1, 0.15) is 23.7 Å². The van der Waals surface area contributed by atoms with E-state index in [9.17, 15) is 9.18 Å². The second-order valence-corrected chi connectivity index (χ2v) is 4.49. The number of hydrogen-bond donors (Lipinski definition) is 1. The SMILES string of the molecule is COC(=O)c1ccc(F)cc1OCc1csc(N)n1. The molecule has 0 aliphatic rings. The molecule has 19 heavy (non-hydrogen) atoms. The van der Waals surface area contributed by atoms with E-state index >= 15 is 0 Å². The van der Waals surface area contributed by atoms with Crippen molar-refractivity contribution in [2.75, 3.05) is 12.8 Å². The molecule has 2 rings (SSSR count). The standard InChI is InChI=1S/C12H11FN2O3S/c1-17-11(16)9-3-2-7(13)4-10(9)18-5-8-6-19-12(14)15-8/h2-4,6H,5H2,1H3,(H2,14,15). The van der Waals surface area contributed by atoms with Crippen LogP contribution in [0.5, 0.6) is 5.75 Å². The predicted molar refractivity (Wildman–Crippen MR) is 68.6 cm³/mol. The first-order valence-corrected chi connectivity index (χ1v) is 6.18. The molecule has 1 aromatic carbocycles. The summed E-state index contributed by atoms with van der Waals surface area (Å²) in [5, 5.41) is 2.15. The fourth-order valence-electron chi connectivity index (χ4n) is 1.43. The summed E-state index contributed by atoms with van der Waals surface area (Å²) < 4.78 is 23.2. The van der Waals surface area contributed by atoms with E-state index in [4.69, 9.17) is 10.5 Å². The number of anilines is 1. The van der Waals surface area contributed by atoms with Gasteiger partial charge in [-0.2, -0.15) is 0 Å². The second-order valence-electron chi connectivity index (χ2n) is 3.60. The van der Waals surface area contributed by atoms with Gasteiger partial charge in [0.15, 0.2) is 5.13 Å². The Morgan fingerprint density at radius 3 is 2.95 bits per heavy atom. The Balaban J connectivity index is 2.18. The van der Waals surface area contributed by atoms with Crippen molar-refractivity contribution in [3.63, 3.8) is 0 Å². The predicted octanol–water partition coefficient (Wildman–Crippen LogP) is 2.23. The molecule has 0 amide bonds. The zero-order valence-corrected chi connectivity index (χ0v) is 10.9. The lowest BCUT2D eigenvalue weighted by molar-refractivity contribution is 0.0595. The number of nitrogen functional groups attached to an aromatic ring is 1. The summed E-state index contributed by atoms with van der Waals surface area (Å²) in [5.74, 6) is -0.980. The Labute approximate surface area is 112 Å². The number of halogens is 1. The first kappa shape index (κ1) is 13.3. The third kappa shape index (κ3) is 3.19. The molecule has 0 spiro atoms. The fraction of sp³-hybridized carbons (Fsp3) is 0.167. The number of esters is 1. The molecule has 7 heteroatoms. The minimum Gasteiger partial charge on any atom is -0.486 e. The summed E-state index contributed by atoms with van der Waals surface area (Å²) in [4.78, 5) is 15.5. The van der Waals surface area contributed by atoms with Crippen molar-refractivity contribution in [2.45, 2.75) is 6.61 Å². The Bertz CT molecular complexity index is 600. The molecule has 0 bridgehead atoms. The van der Waals surface area contributed by atoms with Gasteiger partial charge in [0.25, 0.3) is 0 Å². The average Bonchev–Trinajstić information content (AvgIpc) is 2.81. The maximum atomic E-state index is 13.2. The molecule has 0 aliphatic heterocycles. The zero-order chi connectivity index (χ0) is 13.8. The molecule has 0 saturated carbocycles. The summed E-state index contributed by atoms with van der Waals surface area (Å²) >= 11 is 1.28. The highest BCUT2D eigenvalue weighted by molar-refractivity contribution is 7.13. The molecule has 5 nitrogen and oxygen atoms in total. The zero-order valence-electron chi connectivity index (χ0n) is 10.1. The van der Waals surface area contributed by atoms with Crippen LogP contribution in [-0.4, -0.2) is 18.1 Å². The van der Waals surface area contributed by atoms with Crippen LogP contribution in [0, 0.1) is 5.82 Å². The highest BCUT2D eigenvalue weighted by Gasteiger charge is 2.14. The van der Waals surface area contributed by atoms with Gasteiger partial charge in [-0.1, -0.05) is 0 Å². The van der Waals surface area contributed by atoms with E-state index in [2.05, 4.69) is 9.72 Å². The Morgan fingerprint density at radius 2 is 2.32 bits per heavy atom. The molecule has 0 atom stereocenters. The van der Waals surface area contributed by atoms with Crippen LogP contribution in [-0.2, 0) is 11.3 Å². The van der Waals surface area contributed by atoms with Gasteiger partial charge in [0.2, 0.25) is 0 Å². The van der Waals surface area contributed by atoms with Crippen LogP contribution in [0.15, 0.2) is 23.6 Å². The van der Waals surface area contributed by atoms with E-state index in [1.807, 2.05) is 0 Å². The monoisotopic (exact) mass is 282 g/mol. The molecule has 0 radical (unpaired) electrons. The number of carbonyl (C=O) groups excluding carboxylic acids is 1. The molecule has 100 valence electrons. The number of thiazole rings is 1. The first-order valence-electron chi connectivity index (χ1n) is 5.30. The number of hydrogen-bond acceptors (Lipinski definition) is 6. The van der Waals surface area contributed by atoms with Gasteiger partial charge in [0.05, 0.1) is 12.8 Å². The third-order valence-electron chi connectivity index (χ3n) is 2.29. The highest BCUT2D eigenvalue weighted by atomic mass is 32.1. The lowest BCUT2D eigenvalue weighted by Gasteiger charge is -2.09. The smallest absolute Gasteiger partial charge is 0.341 e. The minimum absolute atomic E-state index is 0.0984. The number of aromatic nitrogens is 1.